The van der Waals surface area contributed by atoms with Gasteiger partial charge < -0.3 is 10.1 Å². The van der Waals surface area contributed by atoms with E-state index in [2.05, 4.69) is 10.3 Å². The van der Waals surface area contributed by atoms with E-state index in [1.54, 1.807) is 11.3 Å². The Morgan fingerprint density at radius 3 is 3.21 bits per heavy atom. The summed E-state index contributed by atoms with van der Waals surface area (Å²) in [5.74, 6) is 0. The van der Waals surface area contributed by atoms with Crippen LogP contribution < -0.4 is 5.32 Å². The molecule has 3 atom stereocenters. The Balaban J connectivity index is 1.54. The maximum absolute atomic E-state index is 5.78. The van der Waals surface area contributed by atoms with Gasteiger partial charge in [-0.05, 0) is 19.3 Å². The van der Waals surface area contributed by atoms with Crippen LogP contribution in [0.4, 0.5) is 0 Å². The molecule has 0 unspecified atom stereocenters. The van der Waals surface area contributed by atoms with Crippen LogP contribution in [-0.4, -0.2) is 23.2 Å². The fourth-order valence-electron chi connectivity index (χ4n) is 2.41. The average molecular weight is 210 g/mol. The minimum atomic E-state index is 0.472. The minimum Gasteiger partial charge on any atom is -0.373 e. The molecule has 3 nitrogen and oxygen atoms in total. The number of ether oxygens (including phenoxy) is 1. The molecule has 2 fully saturated rings. The predicted molar refractivity (Wildman–Crippen MR) is 55.3 cm³/mol. The van der Waals surface area contributed by atoms with E-state index in [0.29, 0.717) is 18.2 Å². The molecule has 0 radical (unpaired) electrons. The van der Waals surface area contributed by atoms with Crippen LogP contribution in [0.2, 0.25) is 0 Å². The van der Waals surface area contributed by atoms with E-state index >= 15 is 0 Å². The molecule has 1 N–H and O–H groups in total. The van der Waals surface area contributed by atoms with Crippen molar-refractivity contribution < 1.29 is 4.74 Å². The lowest BCUT2D eigenvalue weighted by Gasteiger charge is -2.19. The van der Waals surface area contributed by atoms with Gasteiger partial charge >= 0.3 is 0 Å². The summed E-state index contributed by atoms with van der Waals surface area (Å²) in [7, 11) is 0. The second kappa shape index (κ2) is 3.61. The van der Waals surface area contributed by atoms with Crippen molar-refractivity contribution in [1.82, 2.24) is 10.3 Å². The molecule has 2 aliphatic heterocycles. The van der Waals surface area contributed by atoms with Gasteiger partial charge in [0.1, 0.15) is 5.01 Å². The molecule has 1 aromatic rings. The summed E-state index contributed by atoms with van der Waals surface area (Å²) in [5.41, 5.74) is 0. The molecule has 2 bridgehead atoms. The minimum absolute atomic E-state index is 0.472. The SMILES string of the molecule is c1csc(CN[C@@H]2C[C@H]3CC[C@@H]2O3)n1. The fourth-order valence-corrected chi connectivity index (χ4v) is 2.98. The van der Waals surface area contributed by atoms with Crippen LogP contribution >= 0.6 is 11.3 Å². The van der Waals surface area contributed by atoms with Crippen LogP contribution in [0.1, 0.15) is 24.3 Å². The zero-order valence-corrected chi connectivity index (χ0v) is 8.80. The normalized spacial score (nSPS) is 35.3. The highest BCUT2D eigenvalue weighted by Gasteiger charge is 2.40. The lowest BCUT2D eigenvalue weighted by molar-refractivity contribution is 0.0973. The molecule has 0 saturated carbocycles. The van der Waals surface area contributed by atoms with Gasteiger partial charge in [0.05, 0.1) is 12.2 Å². The van der Waals surface area contributed by atoms with E-state index in [1.807, 2.05) is 11.6 Å². The molecule has 0 aliphatic carbocycles. The van der Waals surface area contributed by atoms with Crippen LogP contribution in [0.5, 0.6) is 0 Å². The van der Waals surface area contributed by atoms with Crippen molar-refractivity contribution in [3.8, 4) is 0 Å². The first-order chi connectivity index (χ1) is 6.92. The Morgan fingerprint density at radius 1 is 1.57 bits per heavy atom. The molecule has 0 amide bonds. The summed E-state index contributed by atoms with van der Waals surface area (Å²) in [5, 5.41) is 6.73. The molecule has 0 spiro atoms. The van der Waals surface area contributed by atoms with Crippen molar-refractivity contribution in [2.45, 2.75) is 44.1 Å². The number of thiazole rings is 1. The van der Waals surface area contributed by atoms with Crippen molar-refractivity contribution in [1.29, 1.82) is 0 Å². The van der Waals surface area contributed by atoms with E-state index in [0.717, 1.165) is 6.54 Å². The second-order valence-corrected chi connectivity index (χ2v) is 5.00. The van der Waals surface area contributed by atoms with Crippen molar-refractivity contribution in [3.05, 3.63) is 16.6 Å². The number of nitrogens with zero attached hydrogens (tertiary/aromatic N) is 1. The molecule has 3 heterocycles. The molecule has 2 saturated heterocycles. The first-order valence-corrected chi connectivity index (χ1v) is 6.07. The first kappa shape index (κ1) is 8.83. The molecule has 1 aromatic heterocycles. The molecule has 0 aromatic carbocycles. The largest absolute Gasteiger partial charge is 0.373 e. The number of nitrogens with one attached hydrogen (secondary N) is 1. The summed E-state index contributed by atoms with van der Waals surface area (Å²) >= 11 is 1.71. The molecule has 4 heteroatoms. The molecule has 3 rings (SSSR count). The third kappa shape index (κ3) is 1.58. The lowest BCUT2D eigenvalue weighted by Crippen LogP contribution is -2.36. The van der Waals surface area contributed by atoms with Crippen LogP contribution in [0.25, 0.3) is 0 Å². The van der Waals surface area contributed by atoms with Crippen LogP contribution in [0.3, 0.4) is 0 Å². The highest BCUT2D eigenvalue weighted by Crippen LogP contribution is 2.34. The zero-order valence-electron chi connectivity index (χ0n) is 7.98. The number of hydrogen-bond acceptors (Lipinski definition) is 4. The predicted octanol–water partition coefficient (Wildman–Crippen LogP) is 1.55. The molecule has 2 aliphatic rings. The quantitative estimate of drug-likeness (QED) is 0.822. The third-order valence-corrected chi connectivity index (χ3v) is 3.88. The first-order valence-electron chi connectivity index (χ1n) is 5.19. The number of rotatable bonds is 3. The number of hydrogen-bond donors (Lipinski definition) is 1. The Labute approximate surface area is 87.5 Å². The monoisotopic (exact) mass is 210 g/mol. The third-order valence-electron chi connectivity index (χ3n) is 3.10. The molecule has 76 valence electrons. The maximum Gasteiger partial charge on any atom is 0.106 e. The van der Waals surface area contributed by atoms with Gasteiger partial charge in [-0.2, -0.15) is 0 Å². The van der Waals surface area contributed by atoms with Crippen LogP contribution in [0.15, 0.2) is 11.6 Å². The van der Waals surface area contributed by atoms with E-state index < -0.39 is 0 Å². The number of fused-ring (bicyclic) bond motifs is 2. The Hall–Kier alpha value is -0.450. The average Bonchev–Trinajstić information content (AvgIpc) is 2.91. The Bertz CT molecular complexity index is 301. The lowest BCUT2D eigenvalue weighted by atomic mass is 9.95. The van der Waals surface area contributed by atoms with Gasteiger partial charge in [0.15, 0.2) is 0 Å². The van der Waals surface area contributed by atoms with Crippen molar-refractivity contribution >= 4 is 11.3 Å². The van der Waals surface area contributed by atoms with E-state index in [-0.39, 0.29) is 0 Å². The highest BCUT2D eigenvalue weighted by molar-refractivity contribution is 7.09. The van der Waals surface area contributed by atoms with Gasteiger partial charge in [-0.15, -0.1) is 11.3 Å². The summed E-state index contributed by atoms with van der Waals surface area (Å²) in [4.78, 5) is 4.25. The number of aromatic nitrogens is 1. The Kier molecular flexibility index (Phi) is 2.27. The molecular formula is C10H14N2OS. The van der Waals surface area contributed by atoms with E-state index in [4.69, 9.17) is 4.74 Å². The van der Waals surface area contributed by atoms with Crippen molar-refractivity contribution in [2.24, 2.45) is 0 Å². The van der Waals surface area contributed by atoms with Gasteiger partial charge in [-0.3, -0.25) is 0 Å². The van der Waals surface area contributed by atoms with Crippen LogP contribution in [0, 0.1) is 0 Å². The summed E-state index contributed by atoms with van der Waals surface area (Å²) < 4.78 is 5.78. The van der Waals surface area contributed by atoms with Crippen molar-refractivity contribution in [2.75, 3.05) is 0 Å². The van der Waals surface area contributed by atoms with E-state index in [1.165, 1.54) is 24.3 Å². The Morgan fingerprint density at radius 2 is 2.57 bits per heavy atom. The standard InChI is InChI=1S/C10H14N2OS/c1-2-9-8(5-7(1)13-9)12-6-10-11-3-4-14-10/h3-4,7-9,12H,1-2,5-6H2/t7-,8-,9+/m1/s1. The van der Waals surface area contributed by atoms with E-state index in [9.17, 15) is 0 Å². The summed E-state index contributed by atoms with van der Waals surface area (Å²) in [6.45, 7) is 0.898. The maximum atomic E-state index is 5.78. The van der Waals surface area contributed by atoms with Gasteiger partial charge in [0.25, 0.3) is 0 Å². The molecular weight excluding hydrogens is 196 g/mol. The van der Waals surface area contributed by atoms with Crippen molar-refractivity contribution in [3.63, 3.8) is 0 Å². The van der Waals surface area contributed by atoms with Gasteiger partial charge in [0.2, 0.25) is 0 Å². The van der Waals surface area contributed by atoms with Gasteiger partial charge in [-0.25, -0.2) is 4.98 Å². The van der Waals surface area contributed by atoms with Crippen LogP contribution in [-0.2, 0) is 11.3 Å². The topological polar surface area (TPSA) is 34.1 Å². The smallest absolute Gasteiger partial charge is 0.106 e. The second-order valence-electron chi connectivity index (χ2n) is 4.02. The van der Waals surface area contributed by atoms with Gasteiger partial charge in [0, 0.05) is 24.2 Å². The highest BCUT2D eigenvalue weighted by atomic mass is 32.1. The van der Waals surface area contributed by atoms with Gasteiger partial charge in [-0.1, -0.05) is 0 Å². The summed E-state index contributed by atoms with van der Waals surface area (Å²) in [6.07, 6.45) is 6.56. The molecule has 14 heavy (non-hydrogen) atoms. The fraction of sp³-hybridized carbons (Fsp3) is 0.700. The zero-order chi connectivity index (χ0) is 9.38. The summed E-state index contributed by atoms with van der Waals surface area (Å²) in [6, 6.07) is 0.567.